The maximum absolute atomic E-state index is 13.1. The second-order valence-corrected chi connectivity index (χ2v) is 5.78. The zero-order valence-electron chi connectivity index (χ0n) is 12.4. The molecule has 116 valence electrons. The first-order valence-corrected chi connectivity index (χ1v) is 7.05. The molecular formula is C16H22FNO3. The number of hydrogen-bond donors (Lipinski definition) is 2. The number of ketones is 1. The molecule has 0 aliphatic carbocycles. The zero-order valence-corrected chi connectivity index (χ0v) is 12.4. The number of aliphatic carboxylic acids is 1. The number of nitrogens with two attached hydrogens (primary N) is 1. The molecule has 1 aromatic carbocycles. The summed E-state index contributed by atoms with van der Waals surface area (Å²) < 4.78 is 13.1. The number of Topliss-reactive ketones (excluding diaryl/α,β-unsaturated/α-hetero) is 1. The van der Waals surface area contributed by atoms with Crippen molar-refractivity contribution >= 4 is 11.8 Å². The summed E-state index contributed by atoms with van der Waals surface area (Å²) in [6.07, 6.45) is 0.526. The normalized spacial score (nSPS) is 14.0. The molecule has 3 N–H and O–H groups in total. The van der Waals surface area contributed by atoms with Crippen LogP contribution >= 0.6 is 0 Å². The van der Waals surface area contributed by atoms with Crippen molar-refractivity contribution in [1.82, 2.24) is 0 Å². The van der Waals surface area contributed by atoms with Crippen molar-refractivity contribution < 1.29 is 19.1 Å². The van der Waals surface area contributed by atoms with Crippen LogP contribution in [0.4, 0.5) is 4.39 Å². The van der Waals surface area contributed by atoms with Crippen LogP contribution in [0.15, 0.2) is 24.3 Å². The third-order valence-electron chi connectivity index (χ3n) is 3.31. The molecule has 0 bridgehead atoms. The van der Waals surface area contributed by atoms with Gasteiger partial charge in [-0.3, -0.25) is 9.59 Å². The Morgan fingerprint density at radius 3 is 2.52 bits per heavy atom. The predicted molar refractivity (Wildman–Crippen MR) is 78.3 cm³/mol. The summed E-state index contributed by atoms with van der Waals surface area (Å²) in [6.45, 7) is 3.91. The molecule has 0 radical (unpaired) electrons. The van der Waals surface area contributed by atoms with E-state index in [1.807, 2.05) is 13.8 Å². The second kappa shape index (κ2) is 7.88. The highest BCUT2D eigenvalue weighted by Gasteiger charge is 2.25. The van der Waals surface area contributed by atoms with E-state index in [4.69, 9.17) is 5.73 Å². The average molecular weight is 295 g/mol. The quantitative estimate of drug-likeness (QED) is 0.771. The maximum atomic E-state index is 13.1. The van der Waals surface area contributed by atoms with Crippen LogP contribution in [0, 0.1) is 17.7 Å². The molecular weight excluding hydrogens is 273 g/mol. The molecule has 1 rings (SSSR count). The molecule has 0 saturated carbocycles. The molecule has 0 aliphatic rings. The van der Waals surface area contributed by atoms with E-state index in [0.29, 0.717) is 12.0 Å². The fourth-order valence-electron chi connectivity index (χ4n) is 2.23. The third kappa shape index (κ3) is 6.04. The number of carbonyl (C=O) groups is 2. The highest BCUT2D eigenvalue weighted by Crippen LogP contribution is 2.16. The molecule has 0 saturated heterocycles. The Morgan fingerprint density at radius 1 is 1.33 bits per heavy atom. The standard InChI is InChI=1S/C16H22FNO3/c1-10(2)6-14(18)15(19)9-12(16(20)21)7-11-4-3-5-13(17)8-11/h3-5,8,10,12,14H,6-7,9,18H2,1-2H3,(H,20,21)/t12?,14-/m0/s1. The lowest BCUT2D eigenvalue weighted by atomic mass is 9.90. The molecule has 5 heteroatoms. The van der Waals surface area contributed by atoms with E-state index in [-0.39, 0.29) is 24.5 Å². The number of carboxylic acid groups (broad SMARTS) is 1. The van der Waals surface area contributed by atoms with E-state index in [2.05, 4.69) is 0 Å². The first kappa shape index (κ1) is 17.3. The van der Waals surface area contributed by atoms with E-state index >= 15 is 0 Å². The van der Waals surface area contributed by atoms with E-state index < -0.39 is 23.7 Å². The summed E-state index contributed by atoms with van der Waals surface area (Å²) in [7, 11) is 0. The van der Waals surface area contributed by atoms with Crippen molar-refractivity contribution in [2.75, 3.05) is 0 Å². The predicted octanol–water partition coefficient (Wildman–Crippen LogP) is 2.40. The molecule has 21 heavy (non-hydrogen) atoms. The van der Waals surface area contributed by atoms with Crippen LogP contribution in [0.2, 0.25) is 0 Å². The van der Waals surface area contributed by atoms with Gasteiger partial charge < -0.3 is 10.8 Å². The summed E-state index contributed by atoms with van der Waals surface area (Å²) in [5.41, 5.74) is 6.34. The lowest BCUT2D eigenvalue weighted by molar-refractivity contribution is -0.143. The Bertz CT molecular complexity index is 502. The van der Waals surface area contributed by atoms with Crippen LogP contribution in [-0.4, -0.2) is 22.9 Å². The number of carbonyl (C=O) groups excluding carboxylic acids is 1. The molecule has 1 aromatic rings. The molecule has 4 nitrogen and oxygen atoms in total. The van der Waals surface area contributed by atoms with Crippen LogP contribution < -0.4 is 5.73 Å². The number of hydrogen-bond acceptors (Lipinski definition) is 3. The van der Waals surface area contributed by atoms with E-state index in [0.717, 1.165) is 0 Å². The minimum atomic E-state index is -1.07. The smallest absolute Gasteiger partial charge is 0.307 e. The molecule has 0 aromatic heterocycles. The lowest BCUT2D eigenvalue weighted by Crippen LogP contribution is -2.34. The molecule has 0 amide bonds. The SMILES string of the molecule is CC(C)C[C@H](N)C(=O)CC(Cc1cccc(F)c1)C(=O)O. The first-order chi connectivity index (χ1) is 9.79. The highest BCUT2D eigenvalue weighted by molar-refractivity contribution is 5.87. The van der Waals surface area contributed by atoms with Crippen molar-refractivity contribution in [2.24, 2.45) is 17.6 Å². The van der Waals surface area contributed by atoms with Gasteiger partial charge in [-0.05, 0) is 36.5 Å². The van der Waals surface area contributed by atoms with Gasteiger partial charge in [0.1, 0.15) is 11.6 Å². The van der Waals surface area contributed by atoms with E-state index in [1.54, 1.807) is 6.07 Å². The molecule has 0 spiro atoms. The van der Waals surface area contributed by atoms with Gasteiger partial charge >= 0.3 is 5.97 Å². The molecule has 0 heterocycles. The van der Waals surface area contributed by atoms with Crippen LogP contribution in [-0.2, 0) is 16.0 Å². The van der Waals surface area contributed by atoms with Crippen molar-refractivity contribution in [3.8, 4) is 0 Å². The van der Waals surface area contributed by atoms with Gasteiger partial charge in [-0.25, -0.2) is 4.39 Å². The van der Waals surface area contributed by atoms with Crippen molar-refractivity contribution in [3.05, 3.63) is 35.6 Å². The molecule has 1 unspecified atom stereocenters. The summed E-state index contributed by atoms with van der Waals surface area (Å²) in [6, 6.07) is 5.12. The molecule has 0 fully saturated rings. The summed E-state index contributed by atoms with van der Waals surface area (Å²) >= 11 is 0. The van der Waals surface area contributed by atoms with Crippen molar-refractivity contribution in [1.29, 1.82) is 0 Å². The molecule has 2 atom stereocenters. The summed E-state index contributed by atoms with van der Waals surface area (Å²) in [5.74, 6) is -2.34. The topological polar surface area (TPSA) is 80.4 Å². The monoisotopic (exact) mass is 295 g/mol. The lowest BCUT2D eigenvalue weighted by Gasteiger charge is -2.16. The summed E-state index contributed by atoms with van der Waals surface area (Å²) in [4.78, 5) is 23.3. The zero-order chi connectivity index (χ0) is 16.0. The number of halogens is 1. The van der Waals surface area contributed by atoms with Gasteiger partial charge in [-0.1, -0.05) is 26.0 Å². The first-order valence-electron chi connectivity index (χ1n) is 7.05. The minimum absolute atomic E-state index is 0.118. The van der Waals surface area contributed by atoms with Gasteiger partial charge in [0.25, 0.3) is 0 Å². The maximum Gasteiger partial charge on any atom is 0.307 e. The van der Waals surface area contributed by atoms with Gasteiger partial charge in [0.15, 0.2) is 0 Å². The van der Waals surface area contributed by atoms with Gasteiger partial charge in [0.2, 0.25) is 0 Å². The minimum Gasteiger partial charge on any atom is -0.481 e. The fourth-order valence-corrected chi connectivity index (χ4v) is 2.23. The van der Waals surface area contributed by atoms with Gasteiger partial charge in [0.05, 0.1) is 12.0 Å². The number of rotatable bonds is 8. The van der Waals surface area contributed by atoms with E-state index in [1.165, 1.54) is 18.2 Å². The van der Waals surface area contributed by atoms with Crippen molar-refractivity contribution in [2.45, 2.75) is 39.2 Å². The Labute approximate surface area is 124 Å². The van der Waals surface area contributed by atoms with Gasteiger partial charge in [-0.15, -0.1) is 0 Å². The number of benzene rings is 1. The highest BCUT2D eigenvalue weighted by atomic mass is 19.1. The van der Waals surface area contributed by atoms with Crippen LogP contribution in [0.25, 0.3) is 0 Å². The van der Waals surface area contributed by atoms with Gasteiger partial charge in [0, 0.05) is 6.42 Å². The van der Waals surface area contributed by atoms with Crippen molar-refractivity contribution in [3.63, 3.8) is 0 Å². The largest absolute Gasteiger partial charge is 0.481 e. The molecule has 0 aliphatic heterocycles. The second-order valence-electron chi connectivity index (χ2n) is 5.78. The summed E-state index contributed by atoms with van der Waals surface area (Å²) in [5, 5.41) is 9.23. The Kier molecular flexibility index (Phi) is 6.49. The van der Waals surface area contributed by atoms with Gasteiger partial charge in [-0.2, -0.15) is 0 Å². The average Bonchev–Trinajstić information content (AvgIpc) is 2.36. The Morgan fingerprint density at radius 2 is 2.00 bits per heavy atom. The third-order valence-corrected chi connectivity index (χ3v) is 3.31. The Hall–Kier alpha value is -1.75. The van der Waals surface area contributed by atoms with Crippen LogP contribution in [0.5, 0.6) is 0 Å². The van der Waals surface area contributed by atoms with Crippen LogP contribution in [0.3, 0.4) is 0 Å². The fraction of sp³-hybridized carbons (Fsp3) is 0.500. The van der Waals surface area contributed by atoms with Crippen LogP contribution in [0.1, 0.15) is 32.3 Å². The number of carboxylic acids is 1. The Balaban J connectivity index is 2.70. The van der Waals surface area contributed by atoms with E-state index in [9.17, 15) is 19.1 Å².